The van der Waals surface area contributed by atoms with E-state index in [1.165, 1.54) is 12.1 Å². The van der Waals surface area contributed by atoms with Crippen LogP contribution >= 0.6 is 0 Å². The second kappa shape index (κ2) is 7.81. The van der Waals surface area contributed by atoms with E-state index >= 15 is 0 Å². The molecule has 0 fully saturated rings. The van der Waals surface area contributed by atoms with Gasteiger partial charge in [-0.25, -0.2) is 8.78 Å². The summed E-state index contributed by atoms with van der Waals surface area (Å²) in [6, 6.07) is 9.67. The van der Waals surface area contributed by atoms with Crippen molar-refractivity contribution < 1.29 is 23.1 Å². The Morgan fingerprint density at radius 3 is 2.33 bits per heavy atom. The molecule has 0 amide bonds. The smallest absolute Gasteiger partial charge is 0.309 e. The lowest BCUT2D eigenvalue weighted by Crippen LogP contribution is -2.18. The molecule has 0 aliphatic carbocycles. The van der Waals surface area contributed by atoms with Crippen LogP contribution in [0.25, 0.3) is 11.1 Å². The van der Waals surface area contributed by atoms with Gasteiger partial charge in [-0.3, -0.25) is 9.59 Å². The molecular formula is C19H18F2O3. The Bertz CT molecular complexity index is 739. The molecule has 0 aliphatic rings. The fraction of sp³-hybridized carbons (Fsp3) is 0.263. The zero-order valence-corrected chi connectivity index (χ0v) is 13.5. The summed E-state index contributed by atoms with van der Waals surface area (Å²) in [6.45, 7) is 3.62. The lowest BCUT2D eigenvalue weighted by molar-refractivity contribution is -0.147. The lowest BCUT2D eigenvalue weighted by Gasteiger charge is -2.10. The van der Waals surface area contributed by atoms with E-state index in [2.05, 4.69) is 0 Å². The molecule has 0 aliphatic heterocycles. The fourth-order valence-electron chi connectivity index (χ4n) is 2.32. The van der Waals surface area contributed by atoms with Crippen molar-refractivity contribution >= 4 is 11.8 Å². The Hall–Kier alpha value is -2.56. The molecule has 0 aromatic heterocycles. The molecule has 2 aromatic carbocycles. The van der Waals surface area contributed by atoms with Gasteiger partial charge in [-0.05, 0) is 24.6 Å². The van der Waals surface area contributed by atoms with Gasteiger partial charge in [0.1, 0.15) is 11.6 Å². The van der Waals surface area contributed by atoms with Crippen molar-refractivity contribution in [2.75, 3.05) is 6.61 Å². The summed E-state index contributed by atoms with van der Waals surface area (Å²) in [7, 11) is 0. The highest BCUT2D eigenvalue weighted by molar-refractivity contribution is 5.98. The van der Waals surface area contributed by atoms with E-state index < -0.39 is 23.5 Å². The van der Waals surface area contributed by atoms with E-state index in [4.69, 9.17) is 4.74 Å². The molecule has 1 atom stereocenters. The van der Waals surface area contributed by atoms with Gasteiger partial charge >= 0.3 is 5.97 Å². The SMILES string of the molecule is CCOC(=O)C(C)CC(=O)c1ccc(-c2ccc(F)cc2F)cc1. The molecule has 2 aromatic rings. The highest BCUT2D eigenvalue weighted by atomic mass is 19.1. The van der Waals surface area contributed by atoms with E-state index in [1.54, 1.807) is 38.1 Å². The Morgan fingerprint density at radius 2 is 1.75 bits per heavy atom. The second-order valence-corrected chi connectivity index (χ2v) is 5.48. The molecule has 0 radical (unpaired) electrons. The molecular weight excluding hydrogens is 314 g/mol. The lowest BCUT2D eigenvalue weighted by atomic mass is 9.97. The van der Waals surface area contributed by atoms with Crippen LogP contribution in [-0.2, 0) is 9.53 Å². The minimum absolute atomic E-state index is 0.0447. The topological polar surface area (TPSA) is 43.4 Å². The summed E-state index contributed by atoms with van der Waals surface area (Å²) in [4.78, 5) is 23.8. The quantitative estimate of drug-likeness (QED) is 0.581. The molecule has 2 rings (SSSR count). The first-order valence-corrected chi connectivity index (χ1v) is 7.67. The Labute approximate surface area is 139 Å². The van der Waals surface area contributed by atoms with Gasteiger partial charge in [-0.2, -0.15) is 0 Å². The number of carbonyl (C=O) groups excluding carboxylic acids is 2. The summed E-state index contributed by atoms with van der Waals surface area (Å²) in [5.41, 5.74) is 1.23. The Kier molecular flexibility index (Phi) is 5.79. The first-order chi connectivity index (χ1) is 11.4. The zero-order valence-electron chi connectivity index (χ0n) is 13.5. The van der Waals surface area contributed by atoms with Crippen molar-refractivity contribution in [2.45, 2.75) is 20.3 Å². The zero-order chi connectivity index (χ0) is 17.7. The number of hydrogen-bond donors (Lipinski definition) is 0. The van der Waals surface area contributed by atoms with Crippen molar-refractivity contribution in [3.05, 3.63) is 59.7 Å². The first-order valence-electron chi connectivity index (χ1n) is 7.67. The number of hydrogen-bond acceptors (Lipinski definition) is 3. The summed E-state index contributed by atoms with van der Waals surface area (Å²) >= 11 is 0. The molecule has 1 unspecified atom stereocenters. The monoisotopic (exact) mass is 332 g/mol. The molecule has 3 nitrogen and oxygen atoms in total. The van der Waals surface area contributed by atoms with Gasteiger partial charge in [0, 0.05) is 23.6 Å². The number of ether oxygens (including phenoxy) is 1. The molecule has 0 heterocycles. The van der Waals surface area contributed by atoms with Gasteiger partial charge in [-0.15, -0.1) is 0 Å². The minimum Gasteiger partial charge on any atom is -0.466 e. The van der Waals surface area contributed by atoms with Crippen molar-refractivity contribution in [1.29, 1.82) is 0 Å². The molecule has 0 spiro atoms. The van der Waals surface area contributed by atoms with E-state index in [1.807, 2.05) is 0 Å². The Morgan fingerprint density at radius 1 is 1.08 bits per heavy atom. The third-order valence-electron chi connectivity index (χ3n) is 3.63. The summed E-state index contributed by atoms with van der Waals surface area (Å²) in [5, 5.41) is 0. The van der Waals surface area contributed by atoms with Crippen LogP contribution in [0.1, 0.15) is 30.6 Å². The third-order valence-corrected chi connectivity index (χ3v) is 3.63. The highest BCUT2D eigenvalue weighted by Crippen LogP contribution is 2.24. The Balaban J connectivity index is 2.11. The minimum atomic E-state index is -0.662. The summed E-state index contributed by atoms with van der Waals surface area (Å²) in [6.07, 6.45) is 0.0447. The van der Waals surface area contributed by atoms with Crippen LogP contribution in [0.5, 0.6) is 0 Å². The highest BCUT2D eigenvalue weighted by Gasteiger charge is 2.19. The van der Waals surface area contributed by atoms with Crippen LogP contribution in [0.4, 0.5) is 8.78 Å². The maximum absolute atomic E-state index is 13.8. The van der Waals surface area contributed by atoms with Gasteiger partial charge in [0.15, 0.2) is 5.78 Å². The second-order valence-electron chi connectivity index (χ2n) is 5.48. The van der Waals surface area contributed by atoms with Gasteiger partial charge in [0.25, 0.3) is 0 Å². The number of ketones is 1. The number of Topliss-reactive ketones (excluding diaryl/α,β-unsaturated/α-hetero) is 1. The first kappa shape index (κ1) is 17.8. The van der Waals surface area contributed by atoms with Crippen LogP contribution in [0.15, 0.2) is 42.5 Å². The van der Waals surface area contributed by atoms with E-state index in [0.29, 0.717) is 11.1 Å². The van der Waals surface area contributed by atoms with Crippen molar-refractivity contribution in [3.8, 4) is 11.1 Å². The van der Waals surface area contributed by atoms with Crippen LogP contribution in [0, 0.1) is 17.6 Å². The van der Waals surface area contributed by atoms with Crippen molar-refractivity contribution in [3.63, 3.8) is 0 Å². The molecule has 0 bridgehead atoms. The molecule has 126 valence electrons. The number of rotatable bonds is 6. The number of halogens is 2. The number of benzene rings is 2. The summed E-state index contributed by atoms with van der Waals surface area (Å²) < 4.78 is 31.6. The largest absolute Gasteiger partial charge is 0.466 e. The van der Waals surface area contributed by atoms with Gasteiger partial charge < -0.3 is 4.74 Å². The number of esters is 1. The normalized spacial score (nSPS) is 11.8. The molecule has 5 heteroatoms. The molecule has 0 saturated carbocycles. The average molecular weight is 332 g/mol. The molecule has 0 saturated heterocycles. The van der Waals surface area contributed by atoms with Crippen LogP contribution in [0.2, 0.25) is 0 Å². The van der Waals surface area contributed by atoms with E-state index in [0.717, 1.165) is 6.07 Å². The van der Waals surface area contributed by atoms with E-state index in [-0.39, 0.29) is 24.4 Å². The van der Waals surface area contributed by atoms with Crippen molar-refractivity contribution in [1.82, 2.24) is 0 Å². The van der Waals surface area contributed by atoms with Gasteiger partial charge in [-0.1, -0.05) is 31.2 Å². The predicted octanol–water partition coefficient (Wildman–Crippen LogP) is 4.40. The maximum Gasteiger partial charge on any atom is 0.309 e. The van der Waals surface area contributed by atoms with Crippen LogP contribution < -0.4 is 0 Å². The molecule has 24 heavy (non-hydrogen) atoms. The van der Waals surface area contributed by atoms with Gasteiger partial charge in [0.05, 0.1) is 12.5 Å². The van der Waals surface area contributed by atoms with Crippen LogP contribution in [0.3, 0.4) is 0 Å². The summed E-state index contributed by atoms with van der Waals surface area (Å²) in [5.74, 6) is -2.43. The number of carbonyl (C=O) groups is 2. The van der Waals surface area contributed by atoms with Crippen molar-refractivity contribution in [2.24, 2.45) is 5.92 Å². The maximum atomic E-state index is 13.8. The third kappa shape index (κ3) is 4.25. The average Bonchev–Trinajstić information content (AvgIpc) is 2.55. The van der Waals surface area contributed by atoms with E-state index in [9.17, 15) is 18.4 Å². The van der Waals surface area contributed by atoms with Gasteiger partial charge in [0.2, 0.25) is 0 Å². The van der Waals surface area contributed by atoms with Crippen LogP contribution in [-0.4, -0.2) is 18.4 Å². The molecule has 0 N–H and O–H groups in total. The fourth-order valence-corrected chi connectivity index (χ4v) is 2.32. The predicted molar refractivity (Wildman–Crippen MR) is 86.5 cm³/mol. The standard InChI is InChI=1S/C19H18F2O3/c1-3-24-19(23)12(2)10-18(22)14-6-4-13(5-7-14)16-9-8-15(20)11-17(16)21/h4-9,11-12H,3,10H2,1-2H3.